The Morgan fingerprint density at radius 2 is 2.04 bits per heavy atom. The van der Waals surface area contributed by atoms with Crippen LogP contribution in [0.3, 0.4) is 0 Å². The molecular formula is C18H16F2N4O3. The molecule has 0 aliphatic carbocycles. The molecule has 7 nitrogen and oxygen atoms in total. The van der Waals surface area contributed by atoms with Gasteiger partial charge in [-0.3, -0.25) is 0 Å². The molecule has 2 amide bonds. The summed E-state index contributed by atoms with van der Waals surface area (Å²) in [4.78, 5) is 16.1. The van der Waals surface area contributed by atoms with Crippen molar-refractivity contribution in [1.82, 2.24) is 15.5 Å². The molecule has 0 fully saturated rings. The Bertz CT molecular complexity index is 961. The van der Waals surface area contributed by atoms with E-state index in [4.69, 9.17) is 4.52 Å². The van der Waals surface area contributed by atoms with E-state index in [1.165, 1.54) is 6.07 Å². The third kappa shape index (κ3) is 4.64. The molecule has 3 aromatic rings. The van der Waals surface area contributed by atoms with Crippen LogP contribution in [-0.2, 0) is 0 Å². The normalized spacial score (nSPS) is 11.9. The molecule has 1 unspecified atom stereocenters. The van der Waals surface area contributed by atoms with Crippen molar-refractivity contribution in [2.45, 2.75) is 13.0 Å². The van der Waals surface area contributed by atoms with Gasteiger partial charge in [-0.2, -0.15) is 4.98 Å². The lowest BCUT2D eigenvalue weighted by molar-refractivity contribution is 0.174. The number of anilines is 1. The van der Waals surface area contributed by atoms with Crippen LogP contribution in [0.15, 0.2) is 47.0 Å². The highest BCUT2D eigenvalue weighted by molar-refractivity contribution is 5.89. The van der Waals surface area contributed by atoms with E-state index in [1.54, 1.807) is 31.2 Å². The second-order valence-corrected chi connectivity index (χ2v) is 5.74. The zero-order valence-electron chi connectivity index (χ0n) is 14.2. The number of aryl methyl sites for hydroxylation is 1. The summed E-state index contributed by atoms with van der Waals surface area (Å²) in [5.74, 6) is -1.25. The van der Waals surface area contributed by atoms with Crippen LogP contribution in [0.2, 0.25) is 0 Å². The SMILES string of the molecule is Cc1nc(-c2cccc(NC(=O)NCC(O)c3ccc(F)c(F)c3)c2)no1. The summed E-state index contributed by atoms with van der Waals surface area (Å²) in [5.41, 5.74) is 1.30. The minimum Gasteiger partial charge on any atom is -0.387 e. The van der Waals surface area contributed by atoms with Crippen molar-refractivity contribution in [2.24, 2.45) is 0 Å². The van der Waals surface area contributed by atoms with Gasteiger partial charge in [-0.15, -0.1) is 0 Å². The van der Waals surface area contributed by atoms with Crippen LogP contribution in [0.5, 0.6) is 0 Å². The largest absolute Gasteiger partial charge is 0.387 e. The predicted octanol–water partition coefficient (Wildman–Crippen LogP) is 3.18. The van der Waals surface area contributed by atoms with E-state index in [2.05, 4.69) is 20.8 Å². The van der Waals surface area contributed by atoms with Gasteiger partial charge in [-0.25, -0.2) is 13.6 Å². The summed E-state index contributed by atoms with van der Waals surface area (Å²) in [6, 6.07) is 9.29. The maximum Gasteiger partial charge on any atom is 0.319 e. The average molecular weight is 374 g/mol. The molecule has 0 aliphatic heterocycles. The molecule has 3 rings (SSSR count). The second kappa shape index (κ2) is 7.92. The second-order valence-electron chi connectivity index (χ2n) is 5.74. The van der Waals surface area contributed by atoms with Crippen molar-refractivity contribution in [2.75, 3.05) is 11.9 Å². The van der Waals surface area contributed by atoms with Gasteiger partial charge in [0.05, 0.1) is 6.10 Å². The maximum atomic E-state index is 13.2. The number of aromatic nitrogens is 2. The molecule has 1 heterocycles. The molecule has 0 saturated heterocycles. The Hall–Kier alpha value is -3.33. The van der Waals surface area contributed by atoms with Gasteiger partial charge in [0.15, 0.2) is 11.6 Å². The highest BCUT2D eigenvalue weighted by Gasteiger charge is 2.13. The van der Waals surface area contributed by atoms with Crippen molar-refractivity contribution >= 4 is 11.7 Å². The lowest BCUT2D eigenvalue weighted by atomic mass is 10.1. The number of rotatable bonds is 5. The van der Waals surface area contributed by atoms with Gasteiger partial charge in [-0.1, -0.05) is 23.4 Å². The number of urea groups is 1. The van der Waals surface area contributed by atoms with Crippen molar-refractivity contribution in [1.29, 1.82) is 0 Å². The van der Waals surface area contributed by atoms with E-state index >= 15 is 0 Å². The lowest BCUT2D eigenvalue weighted by Gasteiger charge is -2.13. The molecule has 0 spiro atoms. The van der Waals surface area contributed by atoms with Crippen molar-refractivity contribution in [3.05, 3.63) is 65.6 Å². The molecule has 27 heavy (non-hydrogen) atoms. The first-order chi connectivity index (χ1) is 12.9. The average Bonchev–Trinajstić information content (AvgIpc) is 3.08. The van der Waals surface area contributed by atoms with Crippen LogP contribution in [0.4, 0.5) is 19.3 Å². The highest BCUT2D eigenvalue weighted by Crippen LogP contribution is 2.20. The Balaban J connectivity index is 1.58. The van der Waals surface area contributed by atoms with Crippen molar-refractivity contribution in [3.8, 4) is 11.4 Å². The number of benzene rings is 2. The fraction of sp³-hybridized carbons (Fsp3) is 0.167. The number of halogens is 2. The predicted molar refractivity (Wildman–Crippen MR) is 92.8 cm³/mol. The maximum absolute atomic E-state index is 13.2. The van der Waals surface area contributed by atoms with Gasteiger partial charge in [0.2, 0.25) is 11.7 Å². The van der Waals surface area contributed by atoms with E-state index in [-0.39, 0.29) is 12.1 Å². The van der Waals surface area contributed by atoms with Crippen molar-refractivity contribution < 1.29 is 23.2 Å². The standard InChI is InChI=1S/C18H16F2N4O3/c1-10-22-17(24-27-10)12-3-2-4-13(7-12)23-18(26)21-9-16(25)11-5-6-14(19)15(20)8-11/h2-8,16,25H,9H2,1H3,(H2,21,23,26). The molecule has 3 N–H and O–H groups in total. The first-order valence-corrected chi connectivity index (χ1v) is 8.01. The molecule has 1 atom stereocenters. The fourth-order valence-electron chi connectivity index (χ4n) is 2.35. The summed E-state index contributed by atoms with van der Waals surface area (Å²) < 4.78 is 31.1. The van der Waals surface area contributed by atoms with Gasteiger partial charge in [0, 0.05) is 24.7 Å². The number of nitrogens with one attached hydrogen (secondary N) is 2. The molecule has 0 bridgehead atoms. The summed E-state index contributed by atoms with van der Waals surface area (Å²) in [6.07, 6.45) is -1.18. The molecule has 140 valence electrons. The fourth-order valence-corrected chi connectivity index (χ4v) is 2.35. The van der Waals surface area contributed by atoms with Gasteiger partial charge in [-0.05, 0) is 29.8 Å². The topological polar surface area (TPSA) is 100 Å². The Morgan fingerprint density at radius 1 is 1.22 bits per heavy atom. The number of hydrogen-bond donors (Lipinski definition) is 3. The van der Waals surface area contributed by atoms with Gasteiger partial charge < -0.3 is 20.3 Å². The van der Waals surface area contributed by atoms with E-state index in [1.807, 2.05) is 0 Å². The molecule has 1 aromatic heterocycles. The Labute approximate surface area is 153 Å². The molecule has 0 radical (unpaired) electrons. The van der Waals surface area contributed by atoms with Crippen LogP contribution in [0.25, 0.3) is 11.4 Å². The number of hydrogen-bond acceptors (Lipinski definition) is 5. The van der Waals surface area contributed by atoms with E-state index in [0.717, 1.165) is 12.1 Å². The molecule has 0 aliphatic rings. The smallest absolute Gasteiger partial charge is 0.319 e. The number of carbonyl (C=O) groups excluding carboxylic acids is 1. The van der Waals surface area contributed by atoms with Gasteiger partial charge >= 0.3 is 6.03 Å². The number of amides is 2. The first-order valence-electron chi connectivity index (χ1n) is 8.01. The Kier molecular flexibility index (Phi) is 5.41. The third-order valence-electron chi connectivity index (χ3n) is 3.69. The molecular weight excluding hydrogens is 358 g/mol. The van der Waals surface area contributed by atoms with E-state index in [0.29, 0.717) is 23.0 Å². The molecule has 9 heteroatoms. The van der Waals surface area contributed by atoms with Crippen LogP contribution in [0.1, 0.15) is 17.6 Å². The molecule has 0 saturated carbocycles. The quantitative estimate of drug-likeness (QED) is 0.637. The Morgan fingerprint density at radius 3 is 2.74 bits per heavy atom. The number of aliphatic hydroxyl groups is 1. The summed E-state index contributed by atoms with van der Waals surface area (Å²) >= 11 is 0. The van der Waals surface area contributed by atoms with Crippen LogP contribution in [0, 0.1) is 18.6 Å². The summed E-state index contributed by atoms with van der Waals surface area (Å²) in [6.45, 7) is 1.49. The number of carbonyl (C=O) groups is 1. The van der Waals surface area contributed by atoms with Crippen LogP contribution in [-0.4, -0.2) is 27.8 Å². The summed E-state index contributed by atoms with van der Waals surface area (Å²) in [5, 5.41) is 18.9. The zero-order valence-corrected chi connectivity index (χ0v) is 14.2. The van der Waals surface area contributed by atoms with Crippen LogP contribution >= 0.6 is 0 Å². The molecule has 2 aromatic carbocycles. The minimum atomic E-state index is -1.18. The first kappa shape index (κ1) is 18.5. The highest BCUT2D eigenvalue weighted by atomic mass is 19.2. The van der Waals surface area contributed by atoms with E-state index < -0.39 is 23.8 Å². The van der Waals surface area contributed by atoms with Crippen LogP contribution < -0.4 is 10.6 Å². The third-order valence-corrected chi connectivity index (χ3v) is 3.69. The summed E-state index contributed by atoms with van der Waals surface area (Å²) in [7, 11) is 0. The number of nitrogens with zero attached hydrogens (tertiary/aromatic N) is 2. The van der Waals surface area contributed by atoms with Gasteiger partial charge in [0.1, 0.15) is 0 Å². The monoisotopic (exact) mass is 374 g/mol. The zero-order chi connectivity index (χ0) is 19.4. The van der Waals surface area contributed by atoms with Gasteiger partial charge in [0.25, 0.3) is 0 Å². The van der Waals surface area contributed by atoms with Crippen molar-refractivity contribution in [3.63, 3.8) is 0 Å². The minimum absolute atomic E-state index is 0.156. The van der Waals surface area contributed by atoms with E-state index in [9.17, 15) is 18.7 Å². The number of aliphatic hydroxyl groups excluding tert-OH is 1. The lowest BCUT2D eigenvalue weighted by Crippen LogP contribution is -2.32.